The molecule has 0 rings (SSSR count). The third-order valence-corrected chi connectivity index (χ3v) is 1.57. The summed E-state index contributed by atoms with van der Waals surface area (Å²) in [5.41, 5.74) is 0. The van der Waals surface area contributed by atoms with Crippen molar-refractivity contribution < 1.29 is 41.4 Å². The molecule has 86 valence electrons. The Hall–Kier alpha value is 0.0303. The molecule has 0 fully saturated rings. The van der Waals surface area contributed by atoms with Gasteiger partial charge in [-0.05, 0) is 13.8 Å². The monoisotopic (exact) mass is 402 g/mol. The second-order valence-electron chi connectivity index (χ2n) is 2.25. The van der Waals surface area contributed by atoms with Gasteiger partial charge < -0.3 is 22.1 Å². The summed E-state index contributed by atoms with van der Waals surface area (Å²) in [7, 11) is 0. The Kier molecular flexibility index (Phi) is 11.3. The van der Waals surface area contributed by atoms with Gasteiger partial charge >= 0.3 is 28.3 Å². The van der Waals surface area contributed by atoms with Crippen LogP contribution >= 0.6 is 0 Å². The van der Waals surface area contributed by atoms with Crippen LogP contribution in [0.4, 0.5) is 0 Å². The van der Waals surface area contributed by atoms with E-state index in [0.29, 0.717) is 6.61 Å². The standard InChI is InChI=1S/C8H14O4S.Au/c1-3-11-7(9)5-6(13)8(10)12-4-2;/h6,13H,3-5H2,1-2H3;/q;+1/p-1. The summed E-state index contributed by atoms with van der Waals surface area (Å²) in [4.78, 5) is 21.8. The third kappa shape index (κ3) is 7.44. The third-order valence-electron chi connectivity index (χ3n) is 1.21. The van der Waals surface area contributed by atoms with Crippen LogP contribution in [0.5, 0.6) is 0 Å². The molecule has 6 heteroatoms. The molecule has 0 aliphatic heterocycles. The van der Waals surface area contributed by atoms with E-state index in [2.05, 4.69) is 9.47 Å². The summed E-state index contributed by atoms with van der Waals surface area (Å²) in [6.07, 6.45) is -0.0952. The van der Waals surface area contributed by atoms with E-state index in [0.717, 1.165) is 0 Å². The summed E-state index contributed by atoms with van der Waals surface area (Å²) in [5.74, 6) is -0.999. The average Bonchev–Trinajstić information content (AvgIpc) is 2.05. The van der Waals surface area contributed by atoms with Gasteiger partial charge in [0.2, 0.25) is 0 Å². The van der Waals surface area contributed by atoms with Crippen LogP contribution in [-0.2, 0) is 54.1 Å². The van der Waals surface area contributed by atoms with Crippen molar-refractivity contribution in [3.05, 3.63) is 0 Å². The van der Waals surface area contributed by atoms with Crippen molar-refractivity contribution in [2.75, 3.05) is 13.2 Å². The second-order valence-corrected chi connectivity index (χ2v) is 2.82. The molecule has 0 N–H and O–H groups in total. The molecule has 1 atom stereocenters. The van der Waals surface area contributed by atoms with Crippen molar-refractivity contribution >= 4 is 24.6 Å². The van der Waals surface area contributed by atoms with Crippen LogP contribution in [0.2, 0.25) is 0 Å². The fourth-order valence-corrected chi connectivity index (χ4v) is 0.894. The fraction of sp³-hybridized carbons (Fsp3) is 0.750. The van der Waals surface area contributed by atoms with E-state index in [4.69, 9.17) is 12.6 Å². The van der Waals surface area contributed by atoms with Crippen LogP contribution < -0.4 is 0 Å². The van der Waals surface area contributed by atoms with Gasteiger partial charge in [0.25, 0.3) is 5.97 Å². The smallest absolute Gasteiger partial charge is 0.778 e. The number of carbonyl (C=O) groups excluding carboxylic acids is 2. The maximum atomic E-state index is 10.9. The van der Waals surface area contributed by atoms with Gasteiger partial charge in [-0.1, -0.05) is 5.25 Å². The predicted molar refractivity (Wildman–Crippen MR) is 49.0 cm³/mol. The zero-order chi connectivity index (χ0) is 10.3. The van der Waals surface area contributed by atoms with Crippen molar-refractivity contribution in [2.45, 2.75) is 25.5 Å². The Balaban J connectivity index is 0. The first-order valence-electron chi connectivity index (χ1n) is 4.09. The van der Waals surface area contributed by atoms with Crippen molar-refractivity contribution in [3.8, 4) is 0 Å². The Morgan fingerprint density at radius 3 is 2.14 bits per heavy atom. The first-order valence-corrected chi connectivity index (χ1v) is 4.57. The van der Waals surface area contributed by atoms with E-state index in [-0.39, 0.29) is 35.4 Å². The molecule has 14 heavy (non-hydrogen) atoms. The van der Waals surface area contributed by atoms with Gasteiger partial charge in [0.15, 0.2) is 0 Å². The van der Waals surface area contributed by atoms with Crippen molar-refractivity contribution in [3.63, 3.8) is 0 Å². The molecular weight excluding hydrogens is 389 g/mol. The first-order chi connectivity index (χ1) is 6.11. The van der Waals surface area contributed by atoms with Crippen LogP contribution in [0.1, 0.15) is 20.3 Å². The molecule has 0 aromatic carbocycles. The van der Waals surface area contributed by atoms with E-state index in [1.165, 1.54) is 0 Å². The molecule has 0 saturated carbocycles. The quantitative estimate of drug-likeness (QED) is 0.379. The molecule has 0 radical (unpaired) electrons. The Morgan fingerprint density at radius 1 is 1.21 bits per heavy atom. The molecule has 0 saturated heterocycles. The molecule has 0 aromatic rings. The second kappa shape index (κ2) is 9.58. The minimum atomic E-state index is -0.834. The predicted octanol–water partition coefficient (Wildman–Crippen LogP) is 0.416. The molecule has 0 amide bonds. The number of hydrogen-bond acceptors (Lipinski definition) is 5. The van der Waals surface area contributed by atoms with Crippen molar-refractivity contribution in [2.24, 2.45) is 0 Å². The van der Waals surface area contributed by atoms with Crippen molar-refractivity contribution in [1.82, 2.24) is 0 Å². The van der Waals surface area contributed by atoms with E-state index >= 15 is 0 Å². The summed E-state index contributed by atoms with van der Waals surface area (Å²) >= 11 is 4.74. The number of carbonyl (C=O) groups is 2. The fourth-order valence-electron chi connectivity index (χ4n) is 0.690. The molecular formula is C8H13AuO4S. The molecule has 0 aliphatic rings. The number of hydrogen-bond donors (Lipinski definition) is 0. The average molecular weight is 402 g/mol. The summed E-state index contributed by atoms with van der Waals surface area (Å²) in [5, 5.41) is -0.834. The van der Waals surface area contributed by atoms with Crippen LogP contribution in [0.25, 0.3) is 0 Å². The summed E-state index contributed by atoms with van der Waals surface area (Å²) in [6, 6.07) is 0. The molecule has 0 heterocycles. The number of ether oxygens (including phenoxy) is 2. The maximum Gasteiger partial charge on any atom is 1.00 e. The van der Waals surface area contributed by atoms with Gasteiger partial charge in [-0.25, -0.2) is 0 Å². The van der Waals surface area contributed by atoms with Crippen molar-refractivity contribution in [1.29, 1.82) is 0 Å². The summed E-state index contributed by atoms with van der Waals surface area (Å²) < 4.78 is 9.26. The van der Waals surface area contributed by atoms with Gasteiger partial charge in [-0.2, -0.15) is 0 Å². The van der Waals surface area contributed by atoms with Gasteiger partial charge in [-0.3, -0.25) is 9.59 Å². The largest absolute Gasteiger partial charge is 1.00 e. The first kappa shape index (κ1) is 16.5. The molecule has 4 nitrogen and oxygen atoms in total. The molecule has 0 spiro atoms. The topological polar surface area (TPSA) is 52.6 Å². The maximum absolute atomic E-state index is 10.9. The molecule has 0 aliphatic carbocycles. The zero-order valence-corrected chi connectivity index (χ0v) is 11.0. The molecule has 0 bridgehead atoms. The van der Waals surface area contributed by atoms with Crippen LogP contribution in [0.15, 0.2) is 0 Å². The van der Waals surface area contributed by atoms with Crippen LogP contribution in [-0.4, -0.2) is 30.4 Å². The van der Waals surface area contributed by atoms with Crippen LogP contribution in [0.3, 0.4) is 0 Å². The Labute approximate surface area is 105 Å². The van der Waals surface area contributed by atoms with Gasteiger partial charge in [0.1, 0.15) is 0 Å². The zero-order valence-electron chi connectivity index (χ0n) is 8.04. The van der Waals surface area contributed by atoms with E-state index in [1.807, 2.05) is 0 Å². The van der Waals surface area contributed by atoms with Gasteiger partial charge in [0, 0.05) is 6.42 Å². The molecule has 1 unspecified atom stereocenters. The Bertz CT molecular complexity index is 186. The van der Waals surface area contributed by atoms with Gasteiger partial charge in [-0.15, -0.1) is 0 Å². The summed E-state index contributed by atoms with van der Waals surface area (Å²) in [6.45, 7) is 3.95. The van der Waals surface area contributed by atoms with Crippen LogP contribution in [0, 0.1) is 0 Å². The minimum Gasteiger partial charge on any atom is -0.778 e. The normalized spacial score (nSPS) is 11.1. The SMILES string of the molecule is CCOC(=O)CC([S-])C(=O)OCC.[Au+]. The van der Waals surface area contributed by atoms with E-state index in [9.17, 15) is 9.59 Å². The number of esters is 2. The van der Waals surface area contributed by atoms with Gasteiger partial charge in [0.05, 0.1) is 13.2 Å². The molecule has 0 aromatic heterocycles. The van der Waals surface area contributed by atoms with E-state index < -0.39 is 17.2 Å². The minimum absolute atomic E-state index is 0. The Morgan fingerprint density at radius 2 is 1.71 bits per heavy atom. The van der Waals surface area contributed by atoms with E-state index in [1.54, 1.807) is 13.8 Å². The number of rotatable bonds is 5.